The predicted octanol–water partition coefficient (Wildman–Crippen LogP) is 3.33. The third-order valence-electron chi connectivity index (χ3n) is 4.75. The predicted molar refractivity (Wildman–Crippen MR) is 93.6 cm³/mol. The van der Waals surface area contributed by atoms with Gasteiger partial charge in [0.25, 0.3) is 0 Å². The van der Waals surface area contributed by atoms with Crippen LogP contribution >= 0.6 is 0 Å². The first kappa shape index (κ1) is 16.5. The maximum absolute atomic E-state index is 12.8. The Hall–Kier alpha value is -2.36. The first-order valence-electron chi connectivity index (χ1n) is 8.51. The highest BCUT2D eigenvalue weighted by Gasteiger charge is 2.28. The van der Waals surface area contributed by atoms with Crippen molar-refractivity contribution in [2.24, 2.45) is 0 Å². The Balaban J connectivity index is 1.72. The van der Waals surface area contributed by atoms with E-state index in [1.54, 1.807) is 0 Å². The molecule has 3 rings (SSSR count). The molecule has 4 nitrogen and oxygen atoms in total. The van der Waals surface area contributed by atoms with Gasteiger partial charge in [0.15, 0.2) is 0 Å². The fourth-order valence-electron chi connectivity index (χ4n) is 3.44. The van der Waals surface area contributed by atoms with Gasteiger partial charge in [0.2, 0.25) is 5.91 Å². The number of rotatable bonds is 4. The van der Waals surface area contributed by atoms with Gasteiger partial charge in [-0.25, -0.2) is 0 Å². The lowest BCUT2D eigenvalue weighted by molar-refractivity contribution is -0.144. The van der Waals surface area contributed by atoms with Gasteiger partial charge in [0, 0.05) is 12.6 Å². The van der Waals surface area contributed by atoms with E-state index in [0.29, 0.717) is 12.8 Å². The fourth-order valence-corrected chi connectivity index (χ4v) is 3.44. The Morgan fingerprint density at radius 1 is 1.12 bits per heavy atom. The van der Waals surface area contributed by atoms with Gasteiger partial charge in [-0.15, -0.1) is 0 Å². The molecule has 1 heterocycles. The number of carbonyl (C=O) groups is 2. The van der Waals surface area contributed by atoms with Gasteiger partial charge in [0.1, 0.15) is 0 Å². The molecule has 4 heteroatoms. The Kier molecular flexibility index (Phi) is 5.14. The molecular formula is C20H23NO3. The lowest BCUT2D eigenvalue weighted by atomic mass is 9.97. The number of esters is 1. The zero-order valence-corrected chi connectivity index (χ0v) is 14.0. The number of piperidine rings is 1. The molecule has 1 saturated heterocycles. The molecule has 1 atom stereocenters. The summed E-state index contributed by atoms with van der Waals surface area (Å²) in [7, 11) is 1.40. The Morgan fingerprint density at radius 3 is 2.71 bits per heavy atom. The van der Waals surface area contributed by atoms with Crippen molar-refractivity contribution in [3.05, 3.63) is 48.0 Å². The molecule has 0 aromatic heterocycles. The van der Waals surface area contributed by atoms with Gasteiger partial charge in [0.05, 0.1) is 20.0 Å². The monoisotopic (exact) mass is 325 g/mol. The number of hydrogen-bond acceptors (Lipinski definition) is 3. The van der Waals surface area contributed by atoms with Crippen LogP contribution in [0.1, 0.15) is 31.2 Å². The van der Waals surface area contributed by atoms with E-state index in [2.05, 4.69) is 24.3 Å². The lowest BCUT2D eigenvalue weighted by Gasteiger charge is -2.35. The van der Waals surface area contributed by atoms with Gasteiger partial charge in [-0.3, -0.25) is 9.59 Å². The highest BCUT2D eigenvalue weighted by molar-refractivity contribution is 5.85. The number of methoxy groups -OCH3 is 1. The average Bonchev–Trinajstić information content (AvgIpc) is 2.62. The second-order valence-corrected chi connectivity index (χ2v) is 6.38. The zero-order valence-electron chi connectivity index (χ0n) is 14.0. The minimum absolute atomic E-state index is 0.0286. The topological polar surface area (TPSA) is 46.6 Å². The van der Waals surface area contributed by atoms with Crippen LogP contribution in [0.4, 0.5) is 0 Å². The van der Waals surface area contributed by atoms with Gasteiger partial charge < -0.3 is 9.64 Å². The van der Waals surface area contributed by atoms with Crippen molar-refractivity contribution in [1.82, 2.24) is 4.90 Å². The summed E-state index contributed by atoms with van der Waals surface area (Å²) in [5.41, 5.74) is 1.01. The molecule has 126 valence electrons. The molecule has 0 saturated carbocycles. The number of fused-ring (bicyclic) bond motifs is 1. The second-order valence-electron chi connectivity index (χ2n) is 6.38. The number of hydrogen-bond donors (Lipinski definition) is 0. The summed E-state index contributed by atoms with van der Waals surface area (Å²) in [5.74, 6) is -0.149. The van der Waals surface area contributed by atoms with Gasteiger partial charge >= 0.3 is 5.97 Å². The fraction of sp³-hybridized carbons (Fsp3) is 0.400. The van der Waals surface area contributed by atoms with Crippen LogP contribution in [0.5, 0.6) is 0 Å². The van der Waals surface area contributed by atoms with E-state index in [4.69, 9.17) is 4.74 Å². The highest BCUT2D eigenvalue weighted by atomic mass is 16.5. The molecule has 1 fully saturated rings. The largest absolute Gasteiger partial charge is 0.469 e. The number of benzene rings is 2. The molecule has 0 aliphatic carbocycles. The number of likely N-dealkylation sites (tertiary alicyclic amines) is 1. The van der Waals surface area contributed by atoms with Gasteiger partial charge in [-0.1, -0.05) is 42.5 Å². The minimum Gasteiger partial charge on any atom is -0.469 e. The van der Waals surface area contributed by atoms with Crippen LogP contribution in [0.2, 0.25) is 0 Å². The van der Waals surface area contributed by atoms with Crippen molar-refractivity contribution in [3.8, 4) is 0 Å². The van der Waals surface area contributed by atoms with Crippen LogP contribution in [0.15, 0.2) is 42.5 Å². The molecule has 1 unspecified atom stereocenters. The van der Waals surface area contributed by atoms with E-state index >= 15 is 0 Å². The van der Waals surface area contributed by atoms with Crippen molar-refractivity contribution in [1.29, 1.82) is 0 Å². The van der Waals surface area contributed by atoms with E-state index in [1.165, 1.54) is 12.5 Å². The summed E-state index contributed by atoms with van der Waals surface area (Å²) >= 11 is 0. The SMILES string of the molecule is COC(=O)CC1CCCCN1C(=O)Cc1ccc2ccccc2c1. The zero-order chi connectivity index (χ0) is 16.9. The number of nitrogens with zero attached hydrogens (tertiary/aromatic N) is 1. The standard InChI is InChI=1S/C20H23NO3/c1-24-20(23)14-18-8-4-5-11-21(18)19(22)13-15-9-10-16-6-2-3-7-17(16)12-15/h2-3,6-7,9-10,12,18H,4-5,8,11,13-14H2,1H3. The maximum Gasteiger partial charge on any atom is 0.307 e. The van der Waals surface area contributed by atoms with Gasteiger partial charge in [-0.2, -0.15) is 0 Å². The molecule has 2 aromatic rings. The van der Waals surface area contributed by atoms with Crippen LogP contribution in [-0.2, 0) is 20.7 Å². The summed E-state index contributed by atoms with van der Waals surface area (Å²) in [6.07, 6.45) is 3.60. The normalized spacial score (nSPS) is 17.7. The second kappa shape index (κ2) is 7.47. The third kappa shape index (κ3) is 3.75. The minimum atomic E-state index is -0.245. The van der Waals surface area contributed by atoms with E-state index in [9.17, 15) is 9.59 Å². The first-order chi connectivity index (χ1) is 11.7. The van der Waals surface area contributed by atoms with E-state index < -0.39 is 0 Å². The van der Waals surface area contributed by atoms with E-state index in [0.717, 1.165) is 36.8 Å². The van der Waals surface area contributed by atoms with Crippen LogP contribution in [0, 0.1) is 0 Å². The van der Waals surface area contributed by atoms with Crippen LogP contribution in [-0.4, -0.2) is 36.5 Å². The van der Waals surface area contributed by atoms with E-state index in [1.807, 2.05) is 23.1 Å². The molecule has 0 N–H and O–H groups in total. The van der Waals surface area contributed by atoms with Crippen molar-refractivity contribution in [3.63, 3.8) is 0 Å². The van der Waals surface area contributed by atoms with E-state index in [-0.39, 0.29) is 17.9 Å². The average molecular weight is 325 g/mol. The molecule has 1 amide bonds. The number of amides is 1. The van der Waals surface area contributed by atoms with Crippen molar-refractivity contribution in [2.75, 3.05) is 13.7 Å². The van der Waals surface area contributed by atoms with Crippen LogP contribution in [0.25, 0.3) is 10.8 Å². The molecule has 2 aromatic carbocycles. The molecule has 0 radical (unpaired) electrons. The number of ether oxygens (including phenoxy) is 1. The smallest absolute Gasteiger partial charge is 0.307 e. The van der Waals surface area contributed by atoms with Crippen LogP contribution in [0.3, 0.4) is 0 Å². The highest BCUT2D eigenvalue weighted by Crippen LogP contribution is 2.22. The van der Waals surface area contributed by atoms with Crippen LogP contribution < -0.4 is 0 Å². The Morgan fingerprint density at radius 2 is 1.92 bits per heavy atom. The summed E-state index contributed by atoms with van der Waals surface area (Å²) < 4.78 is 4.77. The summed E-state index contributed by atoms with van der Waals surface area (Å²) in [4.78, 5) is 26.2. The summed E-state index contributed by atoms with van der Waals surface area (Å²) in [5, 5.41) is 2.32. The maximum atomic E-state index is 12.8. The quantitative estimate of drug-likeness (QED) is 0.810. The molecule has 1 aliphatic heterocycles. The molecule has 1 aliphatic rings. The summed E-state index contributed by atoms with van der Waals surface area (Å²) in [6.45, 7) is 0.730. The third-order valence-corrected chi connectivity index (χ3v) is 4.75. The first-order valence-corrected chi connectivity index (χ1v) is 8.51. The number of carbonyl (C=O) groups excluding carboxylic acids is 2. The summed E-state index contributed by atoms with van der Waals surface area (Å²) in [6, 6.07) is 14.3. The van der Waals surface area contributed by atoms with Crippen molar-refractivity contribution >= 4 is 22.6 Å². The molecule has 0 spiro atoms. The molecular weight excluding hydrogens is 302 g/mol. The van der Waals surface area contributed by atoms with Crippen molar-refractivity contribution < 1.29 is 14.3 Å². The molecule has 24 heavy (non-hydrogen) atoms. The lowest BCUT2D eigenvalue weighted by Crippen LogP contribution is -2.45. The Bertz CT molecular complexity index is 740. The van der Waals surface area contributed by atoms with Gasteiger partial charge in [-0.05, 0) is 35.6 Å². The Labute approximate surface area is 142 Å². The molecule has 0 bridgehead atoms. The van der Waals surface area contributed by atoms with Crippen molar-refractivity contribution in [2.45, 2.75) is 38.1 Å².